The third kappa shape index (κ3) is 3.44. The number of ketones is 1. The molecule has 0 radical (unpaired) electrons. The van der Waals surface area contributed by atoms with E-state index in [9.17, 15) is 4.79 Å². The number of nitrogens with zero attached hydrogens (tertiary/aromatic N) is 1. The molecule has 0 saturated heterocycles. The molecule has 0 amide bonds. The first kappa shape index (κ1) is 12.6. The van der Waals surface area contributed by atoms with Crippen LogP contribution in [0.25, 0.3) is 0 Å². The summed E-state index contributed by atoms with van der Waals surface area (Å²) in [6.45, 7) is 9.82. The molecule has 0 unspecified atom stereocenters. The standard InChI is InChI=1S/C10H22N2O/c1-6-9(10(13)7(2)3)12(11)8(4)5/h7-9H,6,11H2,1-5H3/t9-/m1/s1. The van der Waals surface area contributed by atoms with Gasteiger partial charge in [-0.2, -0.15) is 0 Å². The van der Waals surface area contributed by atoms with Crippen LogP contribution in [0, 0.1) is 5.92 Å². The minimum atomic E-state index is -0.125. The van der Waals surface area contributed by atoms with E-state index >= 15 is 0 Å². The summed E-state index contributed by atoms with van der Waals surface area (Å²) in [5.74, 6) is 6.12. The quantitative estimate of drug-likeness (QED) is 0.523. The normalized spacial score (nSPS) is 14.2. The second-order valence-electron chi connectivity index (χ2n) is 4.02. The van der Waals surface area contributed by atoms with Crippen LogP contribution < -0.4 is 5.84 Å². The van der Waals surface area contributed by atoms with Gasteiger partial charge in [0.15, 0.2) is 5.78 Å². The molecule has 0 fully saturated rings. The molecule has 0 saturated carbocycles. The van der Waals surface area contributed by atoms with E-state index in [1.807, 2.05) is 34.6 Å². The summed E-state index contributed by atoms with van der Waals surface area (Å²) in [7, 11) is 0. The summed E-state index contributed by atoms with van der Waals surface area (Å²) < 4.78 is 0. The lowest BCUT2D eigenvalue weighted by Crippen LogP contribution is -2.50. The highest BCUT2D eigenvalue weighted by Gasteiger charge is 2.25. The van der Waals surface area contributed by atoms with E-state index in [2.05, 4.69) is 0 Å². The first-order valence-electron chi connectivity index (χ1n) is 4.98. The van der Waals surface area contributed by atoms with Gasteiger partial charge in [0.25, 0.3) is 0 Å². The molecule has 0 rings (SSSR count). The van der Waals surface area contributed by atoms with Crippen molar-refractivity contribution >= 4 is 5.78 Å². The number of carbonyl (C=O) groups is 1. The van der Waals surface area contributed by atoms with Gasteiger partial charge in [0.05, 0.1) is 6.04 Å². The fraction of sp³-hybridized carbons (Fsp3) is 0.900. The average molecular weight is 186 g/mol. The number of hydrogen-bond acceptors (Lipinski definition) is 3. The molecular weight excluding hydrogens is 164 g/mol. The number of rotatable bonds is 5. The summed E-state index contributed by atoms with van der Waals surface area (Å²) >= 11 is 0. The van der Waals surface area contributed by atoms with Crippen molar-refractivity contribution in [2.45, 2.75) is 53.1 Å². The molecule has 3 heteroatoms. The molecule has 0 aliphatic rings. The Morgan fingerprint density at radius 1 is 1.31 bits per heavy atom. The Bertz CT molecular complexity index is 166. The van der Waals surface area contributed by atoms with E-state index in [1.165, 1.54) is 0 Å². The SMILES string of the molecule is CC[C@H](C(=O)C(C)C)N(N)C(C)C. The van der Waals surface area contributed by atoms with Gasteiger partial charge in [-0.3, -0.25) is 10.6 Å². The number of hydrazine groups is 1. The summed E-state index contributed by atoms with van der Waals surface area (Å²) in [5, 5.41) is 1.66. The predicted molar refractivity (Wildman–Crippen MR) is 55.1 cm³/mol. The third-order valence-electron chi connectivity index (χ3n) is 2.24. The van der Waals surface area contributed by atoms with E-state index in [0.717, 1.165) is 6.42 Å². The van der Waals surface area contributed by atoms with Crippen molar-refractivity contribution in [3.8, 4) is 0 Å². The Morgan fingerprint density at radius 2 is 1.77 bits per heavy atom. The van der Waals surface area contributed by atoms with Crippen molar-refractivity contribution in [3.63, 3.8) is 0 Å². The van der Waals surface area contributed by atoms with Crippen molar-refractivity contribution in [2.24, 2.45) is 11.8 Å². The maximum Gasteiger partial charge on any atom is 0.153 e. The largest absolute Gasteiger partial charge is 0.298 e. The first-order chi connectivity index (χ1) is 5.91. The van der Waals surface area contributed by atoms with Crippen LogP contribution >= 0.6 is 0 Å². The van der Waals surface area contributed by atoms with Crippen molar-refractivity contribution < 1.29 is 4.79 Å². The van der Waals surface area contributed by atoms with Crippen LogP contribution in [0.5, 0.6) is 0 Å². The highest BCUT2D eigenvalue weighted by atomic mass is 16.1. The maximum atomic E-state index is 11.7. The van der Waals surface area contributed by atoms with Crippen molar-refractivity contribution in [1.82, 2.24) is 5.01 Å². The molecule has 78 valence electrons. The zero-order valence-electron chi connectivity index (χ0n) is 9.37. The number of hydrogen-bond donors (Lipinski definition) is 1. The fourth-order valence-corrected chi connectivity index (χ4v) is 1.30. The Kier molecular flexibility index (Phi) is 5.18. The van der Waals surface area contributed by atoms with Crippen LogP contribution in [-0.4, -0.2) is 22.9 Å². The van der Waals surface area contributed by atoms with Crippen LogP contribution in [0.1, 0.15) is 41.0 Å². The average Bonchev–Trinajstić information content (AvgIpc) is 2.04. The second-order valence-corrected chi connectivity index (χ2v) is 4.02. The van der Waals surface area contributed by atoms with Gasteiger partial charge in [-0.15, -0.1) is 0 Å². The molecule has 1 atom stereocenters. The summed E-state index contributed by atoms with van der Waals surface area (Å²) in [4.78, 5) is 11.7. The molecule has 0 aromatic heterocycles. The van der Waals surface area contributed by atoms with Gasteiger partial charge in [-0.25, -0.2) is 5.01 Å². The van der Waals surface area contributed by atoms with Crippen LogP contribution in [0.4, 0.5) is 0 Å². The van der Waals surface area contributed by atoms with E-state index in [0.29, 0.717) is 0 Å². The molecule has 0 bridgehead atoms. The first-order valence-corrected chi connectivity index (χ1v) is 4.98. The van der Waals surface area contributed by atoms with Gasteiger partial charge in [0.1, 0.15) is 0 Å². The van der Waals surface area contributed by atoms with Crippen molar-refractivity contribution in [3.05, 3.63) is 0 Å². The second kappa shape index (κ2) is 5.35. The topological polar surface area (TPSA) is 46.3 Å². The Balaban J connectivity index is 4.41. The molecule has 0 aromatic rings. The zero-order chi connectivity index (χ0) is 10.6. The number of carbonyl (C=O) groups excluding carboxylic acids is 1. The van der Waals surface area contributed by atoms with Gasteiger partial charge < -0.3 is 0 Å². The molecule has 13 heavy (non-hydrogen) atoms. The highest BCUT2D eigenvalue weighted by molar-refractivity contribution is 5.85. The monoisotopic (exact) mass is 186 g/mol. The van der Waals surface area contributed by atoms with Gasteiger partial charge in [-0.05, 0) is 20.3 Å². The van der Waals surface area contributed by atoms with Crippen molar-refractivity contribution in [1.29, 1.82) is 0 Å². The Hall–Kier alpha value is -0.410. The lowest BCUT2D eigenvalue weighted by molar-refractivity contribution is -0.128. The van der Waals surface area contributed by atoms with Crippen LogP contribution in [0.15, 0.2) is 0 Å². The molecule has 0 aliphatic heterocycles. The fourth-order valence-electron chi connectivity index (χ4n) is 1.30. The van der Waals surface area contributed by atoms with E-state index < -0.39 is 0 Å². The Morgan fingerprint density at radius 3 is 2.00 bits per heavy atom. The van der Waals surface area contributed by atoms with Gasteiger partial charge in [-0.1, -0.05) is 20.8 Å². The third-order valence-corrected chi connectivity index (χ3v) is 2.24. The van der Waals surface area contributed by atoms with Crippen LogP contribution in [0.2, 0.25) is 0 Å². The van der Waals surface area contributed by atoms with Crippen LogP contribution in [0.3, 0.4) is 0 Å². The van der Waals surface area contributed by atoms with E-state index in [4.69, 9.17) is 5.84 Å². The number of Topliss-reactive ketones (excluding diaryl/α,β-unsaturated/α-hetero) is 1. The summed E-state index contributed by atoms with van der Waals surface area (Å²) in [5.41, 5.74) is 0. The molecule has 0 aromatic carbocycles. The van der Waals surface area contributed by atoms with Gasteiger partial charge in [0.2, 0.25) is 0 Å². The molecule has 0 aliphatic carbocycles. The molecule has 0 spiro atoms. The van der Waals surface area contributed by atoms with Gasteiger partial charge >= 0.3 is 0 Å². The smallest absolute Gasteiger partial charge is 0.153 e. The minimum absolute atomic E-state index is 0.0646. The summed E-state index contributed by atoms with van der Waals surface area (Å²) in [6, 6.07) is 0.0904. The molecule has 0 heterocycles. The molecular formula is C10H22N2O. The maximum absolute atomic E-state index is 11.7. The predicted octanol–water partition coefficient (Wildman–Crippen LogP) is 1.57. The summed E-state index contributed by atoms with van der Waals surface area (Å²) in [6.07, 6.45) is 0.783. The minimum Gasteiger partial charge on any atom is -0.298 e. The lowest BCUT2D eigenvalue weighted by atomic mass is 9.99. The van der Waals surface area contributed by atoms with E-state index in [-0.39, 0.29) is 23.8 Å². The van der Waals surface area contributed by atoms with E-state index in [1.54, 1.807) is 5.01 Å². The highest BCUT2D eigenvalue weighted by Crippen LogP contribution is 2.10. The molecule has 2 N–H and O–H groups in total. The van der Waals surface area contributed by atoms with Gasteiger partial charge in [0, 0.05) is 12.0 Å². The molecule has 3 nitrogen and oxygen atoms in total. The zero-order valence-corrected chi connectivity index (χ0v) is 9.37. The van der Waals surface area contributed by atoms with Crippen LogP contribution in [-0.2, 0) is 4.79 Å². The number of nitrogens with two attached hydrogens (primary N) is 1. The Labute approximate surface area is 81.3 Å². The van der Waals surface area contributed by atoms with Crippen molar-refractivity contribution in [2.75, 3.05) is 0 Å². The lowest BCUT2D eigenvalue weighted by Gasteiger charge is -2.29.